The van der Waals surface area contributed by atoms with Crippen molar-refractivity contribution in [3.8, 4) is 39.9 Å². The summed E-state index contributed by atoms with van der Waals surface area (Å²) in [5.41, 5.74) is 8.92. The van der Waals surface area contributed by atoms with Gasteiger partial charge in [-0.1, -0.05) is 0 Å². The van der Waals surface area contributed by atoms with Crippen LogP contribution in [0.25, 0.3) is 22.6 Å². The summed E-state index contributed by atoms with van der Waals surface area (Å²) in [6, 6.07) is 10.9. The molecule has 0 saturated carbocycles. The van der Waals surface area contributed by atoms with Crippen molar-refractivity contribution in [2.24, 2.45) is 0 Å². The maximum atomic E-state index is 9.98. The number of aromatic amines is 1. The number of H-pyrrole nitrogens is 1. The van der Waals surface area contributed by atoms with E-state index in [1.807, 2.05) is 24.3 Å². The molecule has 1 heterocycles. The summed E-state index contributed by atoms with van der Waals surface area (Å²) in [7, 11) is 2.98. The lowest BCUT2D eigenvalue weighted by Gasteiger charge is -2.10. The number of rotatable bonds is 4. The number of imidazole rings is 1. The number of ether oxygens (including phenoxy) is 2. The molecule has 118 valence electrons. The van der Waals surface area contributed by atoms with Gasteiger partial charge < -0.3 is 25.3 Å². The van der Waals surface area contributed by atoms with Crippen LogP contribution >= 0.6 is 0 Å². The molecule has 1 aromatic heterocycles. The Morgan fingerprint density at radius 2 is 1.61 bits per heavy atom. The molecule has 0 bridgehead atoms. The minimum absolute atomic E-state index is 0.0305. The average molecular weight is 311 g/mol. The second-order valence-corrected chi connectivity index (χ2v) is 5.00. The number of phenols is 1. The third-order valence-electron chi connectivity index (χ3n) is 3.55. The van der Waals surface area contributed by atoms with E-state index in [0.717, 1.165) is 22.6 Å². The Kier molecular flexibility index (Phi) is 3.80. The third kappa shape index (κ3) is 2.78. The molecule has 0 amide bonds. The van der Waals surface area contributed by atoms with Gasteiger partial charge in [0.05, 0.1) is 26.1 Å². The molecule has 0 aliphatic rings. The number of aromatic nitrogens is 2. The fourth-order valence-corrected chi connectivity index (χ4v) is 2.30. The first-order valence-electron chi connectivity index (χ1n) is 6.98. The van der Waals surface area contributed by atoms with Gasteiger partial charge in [0, 0.05) is 16.8 Å². The van der Waals surface area contributed by atoms with Crippen molar-refractivity contribution in [2.75, 3.05) is 20.0 Å². The van der Waals surface area contributed by atoms with E-state index >= 15 is 0 Å². The SMILES string of the molecule is COc1cc(-c2cnc(-c3ccc(N)cc3)[nH]2)cc(OC)c1O. The lowest BCUT2D eigenvalue weighted by Crippen LogP contribution is -1.91. The number of nitrogens with two attached hydrogens (primary N) is 1. The monoisotopic (exact) mass is 311 g/mol. The van der Waals surface area contributed by atoms with Crippen LogP contribution in [-0.4, -0.2) is 29.3 Å². The number of nitrogens with one attached hydrogen (secondary N) is 1. The van der Waals surface area contributed by atoms with Crippen LogP contribution in [0.1, 0.15) is 0 Å². The Morgan fingerprint density at radius 1 is 1.00 bits per heavy atom. The zero-order valence-corrected chi connectivity index (χ0v) is 12.8. The van der Waals surface area contributed by atoms with Crippen molar-refractivity contribution < 1.29 is 14.6 Å². The van der Waals surface area contributed by atoms with Crippen molar-refractivity contribution >= 4 is 5.69 Å². The Labute approximate surface area is 133 Å². The number of hydrogen-bond acceptors (Lipinski definition) is 5. The van der Waals surface area contributed by atoms with E-state index in [4.69, 9.17) is 15.2 Å². The molecule has 6 heteroatoms. The van der Waals surface area contributed by atoms with Gasteiger partial charge in [-0.3, -0.25) is 0 Å². The van der Waals surface area contributed by atoms with Crippen LogP contribution in [0, 0.1) is 0 Å². The third-order valence-corrected chi connectivity index (χ3v) is 3.55. The summed E-state index contributed by atoms with van der Waals surface area (Å²) >= 11 is 0. The second-order valence-electron chi connectivity index (χ2n) is 5.00. The molecule has 0 aliphatic heterocycles. The predicted molar refractivity (Wildman–Crippen MR) is 88.6 cm³/mol. The molecule has 0 unspecified atom stereocenters. The molecule has 3 rings (SSSR count). The summed E-state index contributed by atoms with van der Waals surface area (Å²) in [5, 5.41) is 9.98. The van der Waals surface area contributed by atoms with Gasteiger partial charge in [0.25, 0.3) is 0 Å². The van der Waals surface area contributed by atoms with Crippen molar-refractivity contribution in [1.82, 2.24) is 9.97 Å². The van der Waals surface area contributed by atoms with E-state index in [2.05, 4.69) is 9.97 Å². The van der Waals surface area contributed by atoms with Crippen molar-refractivity contribution in [2.45, 2.75) is 0 Å². The predicted octanol–water partition coefficient (Wildman–Crippen LogP) is 3.05. The van der Waals surface area contributed by atoms with Crippen LogP contribution < -0.4 is 15.2 Å². The van der Waals surface area contributed by atoms with Gasteiger partial charge >= 0.3 is 0 Å². The van der Waals surface area contributed by atoms with Gasteiger partial charge in [-0.05, 0) is 36.4 Å². The number of nitrogen functional groups attached to an aromatic ring is 1. The van der Waals surface area contributed by atoms with Gasteiger partial charge in [0.1, 0.15) is 5.82 Å². The molecule has 0 spiro atoms. The zero-order chi connectivity index (χ0) is 16.4. The van der Waals surface area contributed by atoms with Gasteiger partial charge in [-0.2, -0.15) is 0 Å². The topological polar surface area (TPSA) is 93.4 Å². The number of nitrogens with zero attached hydrogens (tertiary/aromatic N) is 1. The Hall–Kier alpha value is -3.15. The maximum absolute atomic E-state index is 9.98. The fourth-order valence-electron chi connectivity index (χ4n) is 2.30. The highest BCUT2D eigenvalue weighted by molar-refractivity contribution is 5.70. The number of hydrogen-bond donors (Lipinski definition) is 3. The largest absolute Gasteiger partial charge is 0.502 e. The summed E-state index contributed by atoms with van der Waals surface area (Å²) < 4.78 is 10.4. The van der Waals surface area contributed by atoms with Crippen molar-refractivity contribution in [3.63, 3.8) is 0 Å². The molecule has 3 aromatic rings. The lowest BCUT2D eigenvalue weighted by atomic mass is 10.1. The second kappa shape index (κ2) is 5.92. The molecule has 2 aromatic carbocycles. The van der Waals surface area contributed by atoms with Crippen LogP contribution in [0.4, 0.5) is 5.69 Å². The van der Waals surface area contributed by atoms with Gasteiger partial charge in [0.15, 0.2) is 11.5 Å². The molecule has 0 radical (unpaired) electrons. The highest BCUT2D eigenvalue weighted by Crippen LogP contribution is 2.40. The number of phenolic OH excluding ortho intramolecular Hbond substituents is 1. The highest BCUT2D eigenvalue weighted by atomic mass is 16.5. The molecular weight excluding hydrogens is 294 g/mol. The van der Waals surface area contributed by atoms with E-state index in [1.54, 1.807) is 18.3 Å². The van der Waals surface area contributed by atoms with Gasteiger partial charge in [0.2, 0.25) is 5.75 Å². The van der Waals surface area contributed by atoms with E-state index in [9.17, 15) is 5.11 Å². The molecule has 0 atom stereocenters. The molecule has 0 aliphatic carbocycles. The van der Waals surface area contributed by atoms with Gasteiger partial charge in [-0.15, -0.1) is 0 Å². The Morgan fingerprint density at radius 3 is 2.17 bits per heavy atom. The molecule has 23 heavy (non-hydrogen) atoms. The standard InChI is InChI=1S/C17H17N3O3/c1-22-14-7-11(8-15(23-2)16(14)21)13-9-19-17(20-13)10-3-5-12(18)6-4-10/h3-9,21H,18H2,1-2H3,(H,19,20). The first-order valence-corrected chi connectivity index (χ1v) is 6.98. The van der Waals surface area contributed by atoms with Crippen LogP contribution in [0.15, 0.2) is 42.6 Å². The first-order chi connectivity index (χ1) is 11.1. The van der Waals surface area contributed by atoms with Crippen LogP contribution in [-0.2, 0) is 0 Å². The molecule has 6 nitrogen and oxygen atoms in total. The smallest absolute Gasteiger partial charge is 0.200 e. The average Bonchev–Trinajstić information content (AvgIpc) is 3.05. The van der Waals surface area contributed by atoms with Crippen molar-refractivity contribution in [3.05, 3.63) is 42.6 Å². The Bertz CT molecular complexity index is 800. The molecule has 0 saturated heterocycles. The lowest BCUT2D eigenvalue weighted by molar-refractivity contribution is 0.340. The van der Waals surface area contributed by atoms with Crippen LogP contribution in [0.3, 0.4) is 0 Å². The quantitative estimate of drug-likeness (QED) is 0.644. The number of methoxy groups -OCH3 is 2. The highest BCUT2D eigenvalue weighted by Gasteiger charge is 2.14. The summed E-state index contributed by atoms with van der Waals surface area (Å²) in [5.74, 6) is 1.37. The number of anilines is 1. The molecule has 0 fully saturated rings. The fraction of sp³-hybridized carbons (Fsp3) is 0.118. The normalized spacial score (nSPS) is 10.5. The van der Waals surface area contributed by atoms with E-state index in [1.165, 1.54) is 14.2 Å². The minimum Gasteiger partial charge on any atom is -0.502 e. The maximum Gasteiger partial charge on any atom is 0.200 e. The zero-order valence-electron chi connectivity index (χ0n) is 12.8. The summed E-state index contributed by atoms with van der Waals surface area (Å²) in [6.07, 6.45) is 1.72. The van der Waals surface area contributed by atoms with Crippen LogP contribution in [0.2, 0.25) is 0 Å². The minimum atomic E-state index is -0.0305. The van der Waals surface area contributed by atoms with Gasteiger partial charge in [-0.25, -0.2) is 4.98 Å². The Balaban J connectivity index is 2.01. The van der Waals surface area contributed by atoms with E-state index in [0.29, 0.717) is 17.2 Å². The van der Waals surface area contributed by atoms with E-state index in [-0.39, 0.29) is 5.75 Å². The first kappa shape index (κ1) is 14.8. The molecular formula is C17H17N3O3. The van der Waals surface area contributed by atoms with Crippen molar-refractivity contribution in [1.29, 1.82) is 0 Å². The summed E-state index contributed by atoms with van der Waals surface area (Å²) in [4.78, 5) is 7.63. The molecule has 4 N–H and O–H groups in total. The van der Waals surface area contributed by atoms with E-state index < -0.39 is 0 Å². The van der Waals surface area contributed by atoms with Crippen LogP contribution in [0.5, 0.6) is 17.2 Å². The summed E-state index contributed by atoms with van der Waals surface area (Å²) in [6.45, 7) is 0. The number of aromatic hydroxyl groups is 1. The number of benzene rings is 2.